The summed E-state index contributed by atoms with van der Waals surface area (Å²) in [5, 5.41) is 19.6. The number of rotatable bonds is 2. The standard InChI is InChI=1S/C15H22O3/c1-14(2,18)10-4-6-15(3)7-5-13(17)11(9-16)12(15)8-10/h5,7,10,16,18H,4,6,8-9H2,1-3H3. The molecule has 2 N–H and O–H groups in total. The van der Waals surface area contributed by atoms with Gasteiger partial charge in [0.05, 0.1) is 12.2 Å². The minimum atomic E-state index is -0.737. The molecule has 0 radical (unpaired) electrons. The van der Waals surface area contributed by atoms with Gasteiger partial charge in [0, 0.05) is 11.0 Å². The average molecular weight is 250 g/mol. The Bertz CT molecular complexity index is 426. The lowest BCUT2D eigenvalue weighted by Gasteiger charge is -2.44. The summed E-state index contributed by atoms with van der Waals surface area (Å²) in [5.41, 5.74) is 0.706. The molecule has 0 aliphatic heterocycles. The molecule has 0 bridgehead atoms. The second kappa shape index (κ2) is 4.32. The van der Waals surface area contributed by atoms with Crippen LogP contribution in [0.1, 0.15) is 40.0 Å². The number of aliphatic hydroxyl groups is 2. The fourth-order valence-electron chi connectivity index (χ4n) is 3.14. The minimum absolute atomic E-state index is 0.0821. The van der Waals surface area contributed by atoms with E-state index in [4.69, 9.17) is 0 Å². The number of aliphatic hydroxyl groups excluding tert-OH is 1. The van der Waals surface area contributed by atoms with Crippen LogP contribution in [0, 0.1) is 11.3 Å². The molecule has 3 heteroatoms. The molecule has 2 atom stereocenters. The van der Waals surface area contributed by atoms with E-state index in [9.17, 15) is 15.0 Å². The predicted octanol–water partition coefficient (Wildman–Crippen LogP) is 1.99. The van der Waals surface area contributed by atoms with Crippen LogP contribution >= 0.6 is 0 Å². The van der Waals surface area contributed by atoms with Gasteiger partial charge in [0.15, 0.2) is 5.78 Å². The number of hydrogen-bond donors (Lipinski definition) is 2. The van der Waals surface area contributed by atoms with Crippen molar-refractivity contribution in [3.63, 3.8) is 0 Å². The maximum atomic E-state index is 11.8. The van der Waals surface area contributed by atoms with Crippen molar-refractivity contribution >= 4 is 5.78 Å². The number of carbonyl (C=O) groups is 1. The number of allylic oxidation sites excluding steroid dienone is 3. The van der Waals surface area contributed by atoms with Gasteiger partial charge in [-0.05, 0) is 45.1 Å². The van der Waals surface area contributed by atoms with Gasteiger partial charge in [-0.2, -0.15) is 0 Å². The first-order chi connectivity index (χ1) is 8.28. The van der Waals surface area contributed by atoms with E-state index in [0.717, 1.165) is 18.4 Å². The lowest BCUT2D eigenvalue weighted by molar-refractivity contribution is -0.112. The van der Waals surface area contributed by atoms with Crippen molar-refractivity contribution in [2.75, 3.05) is 6.61 Å². The first-order valence-corrected chi connectivity index (χ1v) is 6.57. The van der Waals surface area contributed by atoms with Crippen LogP contribution in [-0.4, -0.2) is 28.2 Å². The van der Waals surface area contributed by atoms with Crippen LogP contribution in [0.2, 0.25) is 0 Å². The van der Waals surface area contributed by atoms with Crippen molar-refractivity contribution in [3.8, 4) is 0 Å². The summed E-state index contributed by atoms with van der Waals surface area (Å²) in [5.74, 6) is 0.0720. The largest absolute Gasteiger partial charge is 0.392 e. The fraction of sp³-hybridized carbons (Fsp3) is 0.667. The van der Waals surface area contributed by atoms with Gasteiger partial charge in [0.2, 0.25) is 0 Å². The van der Waals surface area contributed by atoms with Crippen molar-refractivity contribution in [1.29, 1.82) is 0 Å². The molecule has 0 amide bonds. The Morgan fingerprint density at radius 3 is 2.72 bits per heavy atom. The van der Waals surface area contributed by atoms with Gasteiger partial charge in [0.25, 0.3) is 0 Å². The number of carbonyl (C=O) groups excluding carboxylic acids is 1. The number of fused-ring (bicyclic) bond motifs is 1. The summed E-state index contributed by atoms with van der Waals surface area (Å²) in [6, 6.07) is 0. The van der Waals surface area contributed by atoms with Crippen LogP contribution in [0.4, 0.5) is 0 Å². The topological polar surface area (TPSA) is 57.5 Å². The quantitative estimate of drug-likeness (QED) is 0.788. The van der Waals surface area contributed by atoms with Gasteiger partial charge in [-0.1, -0.05) is 18.6 Å². The highest BCUT2D eigenvalue weighted by Gasteiger charge is 2.42. The van der Waals surface area contributed by atoms with Crippen molar-refractivity contribution in [3.05, 3.63) is 23.3 Å². The Morgan fingerprint density at radius 1 is 1.50 bits per heavy atom. The molecule has 1 saturated carbocycles. The van der Waals surface area contributed by atoms with Crippen molar-refractivity contribution < 1.29 is 15.0 Å². The minimum Gasteiger partial charge on any atom is -0.392 e. The van der Waals surface area contributed by atoms with E-state index in [1.807, 2.05) is 19.9 Å². The van der Waals surface area contributed by atoms with E-state index < -0.39 is 5.60 Å². The van der Waals surface area contributed by atoms with E-state index in [2.05, 4.69) is 6.92 Å². The molecule has 0 spiro atoms. The summed E-state index contributed by atoms with van der Waals surface area (Å²) in [4.78, 5) is 11.8. The van der Waals surface area contributed by atoms with Crippen LogP contribution in [-0.2, 0) is 4.79 Å². The van der Waals surface area contributed by atoms with Gasteiger partial charge in [-0.25, -0.2) is 0 Å². The number of ketones is 1. The molecule has 18 heavy (non-hydrogen) atoms. The maximum absolute atomic E-state index is 11.8. The Labute approximate surface area is 108 Å². The van der Waals surface area contributed by atoms with Gasteiger partial charge < -0.3 is 10.2 Å². The second-order valence-electron chi connectivity index (χ2n) is 6.32. The Balaban J connectivity index is 2.39. The second-order valence-corrected chi connectivity index (χ2v) is 6.32. The van der Waals surface area contributed by atoms with E-state index in [-0.39, 0.29) is 23.7 Å². The molecule has 0 heterocycles. The van der Waals surface area contributed by atoms with Crippen LogP contribution in [0.15, 0.2) is 23.3 Å². The highest BCUT2D eigenvalue weighted by atomic mass is 16.3. The molecule has 1 fully saturated rings. The van der Waals surface area contributed by atoms with Gasteiger partial charge in [0.1, 0.15) is 0 Å². The Hall–Kier alpha value is -0.930. The van der Waals surface area contributed by atoms with Gasteiger partial charge >= 0.3 is 0 Å². The monoisotopic (exact) mass is 250 g/mol. The van der Waals surface area contributed by atoms with Gasteiger partial charge in [-0.15, -0.1) is 0 Å². The van der Waals surface area contributed by atoms with Crippen LogP contribution < -0.4 is 0 Å². The Morgan fingerprint density at radius 2 is 2.17 bits per heavy atom. The first-order valence-electron chi connectivity index (χ1n) is 6.57. The summed E-state index contributed by atoms with van der Waals surface area (Å²) in [7, 11) is 0. The van der Waals surface area contributed by atoms with Crippen molar-refractivity contribution in [2.24, 2.45) is 11.3 Å². The van der Waals surface area contributed by atoms with Crippen LogP contribution in [0.5, 0.6) is 0 Å². The third-order valence-corrected chi connectivity index (χ3v) is 4.57. The zero-order valence-corrected chi connectivity index (χ0v) is 11.4. The summed E-state index contributed by atoms with van der Waals surface area (Å²) >= 11 is 0. The van der Waals surface area contributed by atoms with Crippen molar-refractivity contribution in [1.82, 2.24) is 0 Å². The SMILES string of the molecule is CC12C=CC(=O)C(CO)=C1CC(C(C)(C)O)CC2. The molecule has 0 aromatic carbocycles. The smallest absolute Gasteiger partial charge is 0.183 e. The predicted molar refractivity (Wildman–Crippen MR) is 70.0 cm³/mol. The summed E-state index contributed by atoms with van der Waals surface area (Å²) < 4.78 is 0. The lowest BCUT2D eigenvalue weighted by atomic mass is 9.62. The van der Waals surface area contributed by atoms with E-state index in [1.165, 1.54) is 0 Å². The van der Waals surface area contributed by atoms with E-state index in [1.54, 1.807) is 6.08 Å². The molecule has 0 saturated heterocycles. The molecule has 0 aromatic rings. The molecule has 100 valence electrons. The van der Waals surface area contributed by atoms with E-state index in [0.29, 0.717) is 12.0 Å². The third-order valence-electron chi connectivity index (χ3n) is 4.57. The molecular formula is C15H22O3. The molecule has 2 aliphatic carbocycles. The Kier molecular flexibility index (Phi) is 3.24. The van der Waals surface area contributed by atoms with Gasteiger partial charge in [-0.3, -0.25) is 4.79 Å². The molecule has 2 aliphatic rings. The first kappa shape index (κ1) is 13.5. The lowest BCUT2D eigenvalue weighted by Crippen LogP contribution is -2.39. The van der Waals surface area contributed by atoms with E-state index >= 15 is 0 Å². The molecule has 2 unspecified atom stereocenters. The normalized spacial score (nSPS) is 32.7. The molecule has 3 nitrogen and oxygen atoms in total. The van der Waals surface area contributed by atoms with Crippen LogP contribution in [0.3, 0.4) is 0 Å². The summed E-state index contributed by atoms with van der Waals surface area (Å²) in [6.45, 7) is 5.55. The fourth-order valence-corrected chi connectivity index (χ4v) is 3.14. The summed E-state index contributed by atoms with van der Waals surface area (Å²) in [6.07, 6.45) is 6.11. The third kappa shape index (κ3) is 2.17. The highest BCUT2D eigenvalue weighted by molar-refractivity contribution is 6.06. The zero-order valence-electron chi connectivity index (χ0n) is 11.4. The maximum Gasteiger partial charge on any atom is 0.183 e. The molecule has 2 rings (SSSR count). The average Bonchev–Trinajstić information content (AvgIpc) is 2.28. The van der Waals surface area contributed by atoms with Crippen molar-refractivity contribution in [2.45, 2.75) is 45.6 Å². The van der Waals surface area contributed by atoms with Crippen LogP contribution in [0.25, 0.3) is 0 Å². The molecular weight excluding hydrogens is 228 g/mol. The number of hydrogen-bond acceptors (Lipinski definition) is 3. The zero-order chi connectivity index (χ0) is 13.6. The molecule has 0 aromatic heterocycles. The highest BCUT2D eigenvalue weighted by Crippen LogP contribution is 2.49.